The second-order valence-electron chi connectivity index (χ2n) is 4.39. The van der Waals surface area contributed by atoms with Crippen molar-refractivity contribution in [2.45, 2.75) is 0 Å². The van der Waals surface area contributed by atoms with Crippen LogP contribution in [0.3, 0.4) is 0 Å². The molecule has 0 aliphatic carbocycles. The minimum atomic E-state index is -0.499. The minimum absolute atomic E-state index is 0.0598. The van der Waals surface area contributed by atoms with E-state index in [2.05, 4.69) is 16.2 Å². The Morgan fingerprint density at radius 1 is 0.826 bits per heavy atom. The minimum Gasteiger partial charge on any atom is -0.298 e. The summed E-state index contributed by atoms with van der Waals surface area (Å²) in [6.07, 6.45) is 0. The smallest absolute Gasteiger partial charge is 0.269 e. The summed E-state index contributed by atoms with van der Waals surface area (Å²) < 4.78 is 0. The van der Waals surface area contributed by atoms with Crippen LogP contribution in [0.25, 0.3) is 0 Å². The van der Waals surface area contributed by atoms with Crippen LogP contribution in [0, 0.1) is 0 Å². The predicted molar refractivity (Wildman–Crippen MR) is 93.6 cm³/mol. The lowest BCUT2D eigenvalue weighted by Crippen LogP contribution is -2.48. The molecule has 8 heteroatoms. The number of hydrogen-bond donors (Lipinski definition) is 3. The van der Waals surface area contributed by atoms with Crippen LogP contribution >= 0.6 is 35.4 Å². The Kier molecular flexibility index (Phi) is 5.92. The van der Waals surface area contributed by atoms with Gasteiger partial charge in [0, 0.05) is 21.2 Å². The number of carbonyl (C=O) groups is 2. The van der Waals surface area contributed by atoms with Crippen LogP contribution in [0.5, 0.6) is 0 Å². The summed E-state index contributed by atoms with van der Waals surface area (Å²) in [5, 5.41) is 3.01. The maximum absolute atomic E-state index is 12.0. The molecule has 3 N–H and O–H groups in total. The van der Waals surface area contributed by atoms with Crippen LogP contribution in [0.2, 0.25) is 10.0 Å². The molecule has 2 aromatic carbocycles. The van der Waals surface area contributed by atoms with Gasteiger partial charge in [0.05, 0.1) is 0 Å². The van der Waals surface area contributed by atoms with Gasteiger partial charge in [0.1, 0.15) is 0 Å². The van der Waals surface area contributed by atoms with Crippen molar-refractivity contribution in [3.63, 3.8) is 0 Å². The number of benzene rings is 2. The summed E-state index contributed by atoms with van der Waals surface area (Å²) in [6, 6.07) is 13.0. The lowest BCUT2D eigenvalue weighted by atomic mass is 10.2. The Morgan fingerprint density at radius 3 is 2.04 bits per heavy atom. The van der Waals surface area contributed by atoms with Crippen molar-refractivity contribution in [1.82, 2.24) is 16.2 Å². The first-order chi connectivity index (χ1) is 11.0. The molecule has 0 unspecified atom stereocenters. The zero-order chi connectivity index (χ0) is 16.8. The molecule has 118 valence electrons. The lowest BCUT2D eigenvalue weighted by Gasteiger charge is -2.11. The molecule has 0 saturated carbocycles. The van der Waals surface area contributed by atoms with E-state index < -0.39 is 5.91 Å². The topological polar surface area (TPSA) is 70.2 Å². The zero-order valence-electron chi connectivity index (χ0n) is 11.6. The average molecular weight is 368 g/mol. The molecule has 0 aromatic heterocycles. The maximum Gasteiger partial charge on any atom is 0.269 e. The Balaban J connectivity index is 1.89. The molecule has 2 amide bonds. The Morgan fingerprint density at radius 2 is 1.43 bits per heavy atom. The molecule has 0 aliphatic heterocycles. The number of thiocarbonyl (C=S) groups is 1. The van der Waals surface area contributed by atoms with Gasteiger partial charge in [-0.25, -0.2) is 0 Å². The predicted octanol–water partition coefficient (Wildman–Crippen LogP) is 2.94. The fraction of sp³-hybridized carbons (Fsp3) is 0. The third kappa shape index (κ3) is 5.21. The van der Waals surface area contributed by atoms with Gasteiger partial charge in [-0.1, -0.05) is 41.4 Å². The summed E-state index contributed by atoms with van der Waals surface area (Å²) in [7, 11) is 0. The Bertz CT molecular complexity index is 733. The monoisotopic (exact) mass is 367 g/mol. The molecule has 0 saturated heterocycles. The molecule has 2 aromatic rings. The lowest BCUT2D eigenvalue weighted by molar-refractivity contribution is 0.0934. The fourth-order valence-corrected chi connectivity index (χ4v) is 2.34. The molecule has 0 spiro atoms. The number of carbonyl (C=O) groups excluding carboxylic acids is 2. The van der Waals surface area contributed by atoms with Gasteiger partial charge in [-0.2, -0.15) is 0 Å². The second-order valence-corrected chi connectivity index (χ2v) is 5.67. The van der Waals surface area contributed by atoms with Gasteiger partial charge in [-0.05, 0) is 42.5 Å². The number of rotatable bonds is 2. The first kappa shape index (κ1) is 17.2. The summed E-state index contributed by atoms with van der Waals surface area (Å²) >= 11 is 16.6. The largest absolute Gasteiger partial charge is 0.298 e. The maximum atomic E-state index is 12.0. The van der Waals surface area contributed by atoms with Crippen molar-refractivity contribution in [3.8, 4) is 0 Å². The van der Waals surface area contributed by atoms with E-state index in [1.807, 2.05) is 0 Å². The summed E-state index contributed by atoms with van der Waals surface area (Å²) in [4.78, 5) is 23.8. The average Bonchev–Trinajstić information content (AvgIpc) is 2.52. The summed E-state index contributed by atoms with van der Waals surface area (Å²) in [5.74, 6) is -0.881. The van der Waals surface area contributed by atoms with Crippen LogP contribution in [-0.4, -0.2) is 16.9 Å². The van der Waals surface area contributed by atoms with Gasteiger partial charge >= 0.3 is 0 Å². The first-order valence-corrected chi connectivity index (χ1v) is 7.55. The number of nitrogens with one attached hydrogen (secondary N) is 3. The number of hydrazine groups is 1. The molecule has 2 rings (SSSR count). The van der Waals surface area contributed by atoms with Gasteiger partial charge in [-0.15, -0.1) is 0 Å². The van der Waals surface area contributed by atoms with E-state index in [1.54, 1.807) is 30.3 Å². The third-order valence-corrected chi connectivity index (χ3v) is 3.32. The van der Waals surface area contributed by atoms with E-state index in [-0.39, 0.29) is 16.6 Å². The van der Waals surface area contributed by atoms with Gasteiger partial charge in [0.15, 0.2) is 5.11 Å². The molecule has 0 radical (unpaired) electrons. The normalized spacial score (nSPS) is 9.83. The van der Waals surface area contributed by atoms with Crippen molar-refractivity contribution < 1.29 is 9.59 Å². The quantitative estimate of drug-likeness (QED) is 0.563. The molecule has 0 atom stereocenters. The van der Waals surface area contributed by atoms with Crippen LogP contribution in [0.4, 0.5) is 0 Å². The molecular formula is C15H11Cl2N3O2S. The molecular weight excluding hydrogens is 357 g/mol. The van der Waals surface area contributed by atoms with Crippen molar-refractivity contribution in [1.29, 1.82) is 0 Å². The van der Waals surface area contributed by atoms with Crippen LogP contribution in [0.15, 0.2) is 48.5 Å². The van der Waals surface area contributed by atoms with E-state index in [9.17, 15) is 9.59 Å². The summed E-state index contributed by atoms with van der Waals surface area (Å²) in [6.45, 7) is 0. The van der Waals surface area contributed by atoms with Gasteiger partial charge < -0.3 is 0 Å². The highest BCUT2D eigenvalue weighted by atomic mass is 35.5. The molecule has 5 nitrogen and oxygen atoms in total. The zero-order valence-corrected chi connectivity index (χ0v) is 13.9. The highest BCUT2D eigenvalue weighted by Crippen LogP contribution is 2.18. The van der Waals surface area contributed by atoms with E-state index in [1.165, 1.54) is 18.2 Å². The molecule has 0 aliphatic rings. The Hall–Kier alpha value is -2.15. The van der Waals surface area contributed by atoms with Gasteiger partial charge in [-0.3, -0.25) is 25.8 Å². The van der Waals surface area contributed by atoms with E-state index in [4.69, 9.17) is 35.4 Å². The third-order valence-electron chi connectivity index (χ3n) is 2.68. The first-order valence-electron chi connectivity index (χ1n) is 6.38. The summed E-state index contributed by atoms with van der Waals surface area (Å²) in [5.41, 5.74) is 5.53. The van der Waals surface area contributed by atoms with Gasteiger partial charge in [0.2, 0.25) is 0 Å². The van der Waals surface area contributed by atoms with Crippen molar-refractivity contribution in [2.24, 2.45) is 0 Å². The second kappa shape index (κ2) is 7.92. The van der Waals surface area contributed by atoms with Gasteiger partial charge in [0.25, 0.3) is 11.8 Å². The number of amides is 2. The van der Waals surface area contributed by atoms with Crippen molar-refractivity contribution >= 4 is 52.3 Å². The van der Waals surface area contributed by atoms with Crippen LogP contribution in [0.1, 0.15) is 20.7 Å². The SMILES string of the molecule is O=C(NNC(=S)NC(=O)c1cc(Cl)cc(Cl)c1)c1ccccc1. The molecule has 0 heterocycles. The molecule has 0 fully saturated rings. The fourth-order valence-electron chi connectivity index (χ4n) is 1.67. The van der Waals surface area contributed by atoms with E-state index in [0.29, 0.717) is 15.6 Å². The highest BCUT2D eigenvalue weighted by molar-refractivity contribution is 7.80. The van der Waals surface area contributed by atoms with Crippen molar-refractivity contribution in [3.05, 3.63) is 69.7 Å². The highest BCUT2D eigenvalue weighted by Gasteiger charge is 2.10. The standard InChI is InChI=1S/C15H11Cl2N3O2S/c16-11-6-10(7-12(17)8-11)13(21)18-15(23)20-19-14(22)9-4-2-1-3-5-9/h1-8H,(H,19,22)(H2,18,20,21,23). The van der Waals surface area contributed by atoms with Crippen LogP contribution in [-0.2, 0) is 0 Å². The van der Waals surface area contributed by atoms with E-state index in [0.717, 1.165) is 0 Å². The number of hydrogen-bond acceptors (Lipinski definition) is 3. The number of halogens is 2. The molecule has 0 bridgehead atoms. The Labute approximate surface area is 147 Å². The van der Waals surface area contributed by atoms with E-state index >= 15 is 0 Å². The van der Waals surface area contributed by atoms with Crippen LogP contribution < -0.4 is 16.2 Å². The van der Waals surface area contributed by atoms with Crippen molar-refractivity contribution in [2.75, 3.05) is 0 Å². The molecule has 23 heavy (non-hydrogen) atoms.